The summed E-state index contributed by atoms with van der Waals surface area (Å²) in [4.78, 5) is 10.9. The summed E-state index contributed by atoms with van der Waals surface area (Å²) in [7, 11) is 0. The van der Waals surface area contributed by atoms with Gasteiger partial charge in [0.15, 0.2) is 29.5 Å². The van der Waals surface area contributed by atoms with Crippen molar-refractivity contribution in [2.45, 2.75) is 49.1 Å². The average molecular weight is 417 g/mol. The van der Waals surface area contributed by atoms with E-state index in [1.807, 2.05) is 0 Å². The molecule has 2 fully saturated rings. The largest absolute Gasteiger partial charge is 0.394 e. The molecule has 2 aliphatic rings. The lowest BCUT2D eigenvalue weighted by Gasteiger charge is -2.20. The van der Waals surface area contributed by atoms with Crippen molar-refractivity contribution in [2.75, 3.05) is 18.9 Å². The SMILES string of the molecule is Nc1nc(F)nc2c1ncn2[C@@H]1O[C@H](COC2O[C@H](CO)[C@@H](O)[C@@H]2O)[C@@H](O)[C@H]1O. The van der Waals surface area contributed by atoms with E-state index < -0.39 is 61.8 Å². The van der Waals surface area contributed by atoms with Gasteiger partial charge in [-0.05, 0) is 0 Å². The van der Waals surface area contributed by atoms with Crippen LogP contribution in [0.2, 0.25) is 0 Å². The van der Waals surface area contributed by atoms with E-state index in [0.717, 1.165) is 0 Å². The number of nitrogens with zero attached hydrogens (tertiary/aromatic N) is 4. The lowest BCUT2D eigenvalue weighted by Crippen LogP contribution is -2.38. The number of hydrogen-bond donors (Lipinski definition) is 6. The van der Waals surface area contributed by atoms with Gasteiger partial charge >= 0.3 is 6.08 Å². The molecule has 0 radical (unpaired) electrons. The van der Waals surface area contributed by atoms with Gasteiger partial charge in [-0.3, -0.25) is 4.57 Å². The van der Waals surface area contributed by atoms with Crippen molar-refractivity contribution in [2.24, 2.45) is 0 Å². The fourth-order valence-corrected chi connectivity index (χ4v) is 3.39. The molecule has 13 nitrogen and oxygen atoms in total. The first-order valence-corrected chi connectivity index (χ1v) is 8.73. The van der Waals surface area contributed by atoms with Crippen molar-refractivity contribution in [1.29, 1.82) is 0 Å². The maximum atomic E-state index is 13.5. The zero-order valence-corrected chi connectivity index (χ0v) is 14.8. The molecule has 2 aromatic rings. The highest BCUT2D eigenvalue weighted by Crippen LogP contribution is 2.33. The van der Waals surface area contributed by atoms with Gasteiger partial charge in [0.1, 0.15) is 36.6 Å². The maximum absolute atomic E-state index is 13.5. The molecule has 2 aliphatic heterocycles. The Kier molecular flexibility index (Phi) is 5.34. The lowest BCUT2D eigenvalue weighted by molar-refractivity contribution is -0.190. The molecule has 0 aromatic carbocycles. The summed E-state index contributed by atoms with van der Waals surface area (Å²) in [6.45, 7) is -0.837. The highest BCUT2D eigenvalue weighted by atomic mass is 19.1. The minimum atomic E-state index is -1.44. The summed E-state index contributed by atoms with van der Waals surface area (Å²) in [5, 5.41) is 49.4. The van der Waals surface area contributed by atoms with E-state index in [0.29, 0.717) is 0 Å². The van der Waals surface area contributed by atoms with Crippen molar-refractivity contribution in [3.05, 3.63) is 12.4 Å². The number of ether oxygens (including phenoxy) is 3. The number of aliphatic hydroxyl groups is 5. The van der Waals surface area contributed by atoms with Crippen molar-refractivity contribution in [3.63, 3.8) is 0 Å². The van der Waals surface area contributed by atoms with Crippen LogP contribution in [0.15, 0.2) is 6.33 Å². The van der Waals surface area contributed by atoms with Gasteiger partial charge in [-0.2, -0.15) is 14.4 Å². The summed E-state index contributed by atoms with van der Waals surface area (Å²) in [5.74, 6) is -0.191. The van der Waals surface area contributed by atoms with E-state index in [2.05, 4.69) is 15.0 Å². The van der Waals surface area contributed by atoms with Gasteiger partial charge in [-0.1, -0.05) is 0 Å². The van der Waals surface area contributed by atoms with Crippen molar-refractivity contribution in [3.8, 4) is 0 Å². The second kappa shape index (κ2) is 7.66. The summed E-state index contributed by atoms with van der Waals surface area (Å²) >= 11 is 0. The third-order valence-corrected chi connectivity index (χ3v) is 4.96. The van der Waals surface area contributed by atoms with E-state index in [-0.39, 0.29) is 23.6 Å². The summed E-state index contributed by atoms with van der Waals surface area (Å²) in [6, 6.07) is 0. The number of aliphatic hydroxyl groups excluding tert-OH is 5. The highest BCUT2D eigenvalue weighted by molar-refractivity contribution is 5.81. The number of anilines is 1. The molecule has 4 heterocycles. The Bertz CT molecular complexity index is 886. The van der Waals surface area contributed by atoms with Crippen LogP contribution >= 0.6 is 0 Å². The number of hydrogen-bond acceptors (Lipinski definition) is 12. The van der Waals surface area contributed by atoms with Crippen LogP contribution in [0.25, 0.3) is 11.2 Å². The van der Waals surface area contributed by atoms with Gasteiger partial charge in [-0.25, -0.2) is 4.98 Å². The predicted octanol–water partition coefficient (Wildman–Crippen LogP) is -3.38. The molecule has 0 spiro atoms. The van der Waals surface area contributed by atoms with Crippen LogP contribution < -0.4 is 5.73 Å². The lowest BCUT2D eigenvalue weighted by atomic mass is 10.1. The van der Waals surface area contributed by atoms with E-state index in [1.54, 1.807) is 0 Å². The summed E-state index contributed by atoms with van der Waals surface area (Å²) in [6.07, 6.45) is -9.98. The van der Waals surface area contributed by atoms with E-state index in [9.17, 15) is 24.8 Å². The molecule has 14 heteroatoms. The van der Waals surface area contributed by atoms with Crippen molar-refractivity contribution in [1.82, 2.24) is 19.5 Å². The van der Waals surface area contributed by atoms with E-state index in [1.165, 1.54) is 10.9 Å². The number of imidazole rings is 1. The predicted molar refractivity (Wildman–Crippen MR) is 89.3 cm³/mol. The minimum Gasteiger partial charge on any atom is -0.394 e. The third-order valence-electron chi connectivity index (χ3n) is 4.96. The Hall–Kier alpha value is -2.04. The Morgan fingerprint density at radius 2 is 1.79 bits per heavy atom. The van der Waals surface area contributed by atoms with Crippen LogP contribution in [0.4, 0.5) is 10.2 Å². The topological polar surface area (TPSA) is 198 Å². The fraction of sp³-hybridized carbons (Fsp3) is 0.667. The Morgan fingerprint density at radius 3 is 2.48 bits per heavy atom. The van der Waals surface area contributed by atoms with Gasteiger partial charge in [0, 0.05) is 0 Å². The first-order valence-electron chi connectivity index (χ1n) is 8.73. The molecule has 0 bridgehead atoms. The van der Waals surface area contributed by atoms with Gasteiger partial charge in [0.05, 0.1) is 19.5 Å². The maximum Gasteiger partial charge on any atom is 0.312 e. The monoisotopic (exact) mass is 417 g/mol. The highest BCUT2D eigenvalue weighted by Gasteiger charge is 2.47. The molecule has 0 saturated carbocycles. The van der Waals surface area contributed by atoms with E-state index >= 15 is 0 Å². The summed E-state index contributed by atoms with van der Waals surface area (Å²) < 4.78 is 30.9. The third kappa shape index (κ3) is 3.43. The van der Waals surface area contributed by atoms with Crippen LogP contribution in [0.3, 0.4) is 0 Å². The molecular weight excluding hydrogens is 397 g/mol. The molecule has 2 aromatic heterocycles. The van der Waals surface area contributed by atoms with Crippen LogP contribution in [-0.4, -0.2) is 101 Å². The molecule has 1 unspecified atom stereocenters. The number of fused-ring (bicyclic) bond motifs is 1. The molecule has 0 aliphatic carbocycles. The molecule has 0 amide bonds. The van der Waals surface area contributed by atoms with Gasteiger partial charge < -0.3 is 45.5 Å². The van der Waals surface area contributed by atoms with Crippen molar-refractivity contribution < 1.29 is 44.1 Å². The fourth-order valence-electron chi connectivity index (χ4n) is 3.39. The number of halogens is 1. The normalized spacial score (nSPS) is 37.6. The molecule has 8 atom stereocenters. The van der Waals surface area contributed by atoms with Crippen LogP contribution in [0.1, 0.15) is 6.23 Å². The molecule has 160 valence electrons. The first kappa shape index (κ1) is 20.2. The number of aromatic nitrogens is 4. The zero-order chi connectivity index (χ0) is 20.9. The Labute approximate surface area is 162 Å². The molecule has 4 rings (SSSR count). The average Bonchev–Trinajstić information content (AvgIpc) is 3.31. The number of rotatable bonds is 5. The van der Waals surface area contributed by atoms with Crippen LogP contribution in [0, 0.1) is 6.08 Å². The second-order valence-electron chi connectivity index (χ2n) is 6.79. The molecular formula is C15H20FN5O8. The smallest absolute Gasteiger partial charge is 0.312 e. The number of nitrogens with two attached hydrogens (primary N) is 1. The van der Waals surface area contributed by atoms with E-state index in [4.69, 9.17) is 25.1 Å². The van der Waals surface area contributed by atoms with Crippen LogP contribution in [-0.2, 0) is 14.2 Å². The molecule has 29 heavy (non-hydrogen) atoms. The Balaban J connectivity index is 1.48. The Morgan fingerprint density at radius 1 is 1.07 bits per heavy atom. The standard InChI is InChI=1S/C15H20FN5O8/c16-15-19-11(17)6-12(20-15)21(3-18-6)13-9(25)8(24)5(28-13)2-27-14-10(26)7(23)4(1-22)29-14/h3-5,7-10,13-14,22-26H,1-2H2,(H2,17,19,20)/t4-,5-,7-,8-,9-,10+,13-,14?/m1/s1. The second-order valence-corrected chi connectivity index (χ2v) is 6.79. The zero-order valence-electron chi connectivity index (χ0n) is 14.8. The number of nitrogen functional groups attached to an aromatic ring is 1. The molecule has 2 saturated heterocycles. The van der Waals surface area contributed by atoms with Gasteiger partial charge in [0.25, 0.3) is 0 Å². The van der Waals surface area contributed by atoms with Gasteiger partial charge in [0.2, 0.25) is 0 Å². The quantitative estimate of drug-likeness (QED) is 0.264. The van der Waals surface area contributed by atoms with Crippen molar-refractivity contribution >= 4 is 17.0 Å². The summed E-state index contributed by atoms with van der Waals surface area (Å²) in [5.41, 5.74) is 5.68. The van der Waals surface area contributed by atoms with Crippen LogP contribution in [0.5, 0.6) is 0 Å². The minimum absolute atomic E-state index is 0.0312. The first-order chi connectivity index (χ1) is 13.8. The van der Waals surface area contributed by atoms with Gasteiger partial charge in [-0.15, -0.1) is 0 Å². The molecule has 7 N–H and O–H groups in total.